The van der Waals surface area contributed by atoms with Crippen LogP contribution in [0.15, 0.2) is 92.2 Å². The average molecular weight is 564 g/mol. The van der Waals surface area contributed by atoms with E-state index in [0.29, 0.717) is 16.7 Å². The standard InChI is InChI=1S/C26H16Br2N2O3/c27-18-10-6-15(7-11-18)23(31)22(26(30)32)21-20(14-29)24(17-8-12-19(28)13-9-17)33-25(21)16-4-2-1-3-5-16/h1-13,31H,(H2,30,32)/b23-22-. The van der Waals surface area contributed by atoms with Gasteiger partial charge in [-0.2, -0.15) is 5.26 Å². The molecular weight excluding hydrogens is 548 g/mol. The number of aliphatic hydroxyl groups is 1. The highest BCUT2D eigenvalue weighted by Crippen LogP contribution is 2.42. The Morgan fingerprint density at radius 2 is 1.39 bits per heavy atom. The largest absolute Gasteiger partial charge is 0.506 e. The van der Waals surface area contributed by atoms with Crippen molar-refractivity contribution >= 4 is 49.1 Å². The molecule has 4 rings (SSSR count). The van der Waals surface area contributed by atoms with E-state index in [1.54, 1.807) is 48.5 Å². The van der Waals surface area contributed by atoms with E-state index in [2.05, 4.69) is 37.9 Å². The fourth-order valence-electron chi connectivity index (χ4n) is 3.48. The summed E-state index contributed by atoms with van der Waals surface area (Å²) in [6.45, 7) is 0. The van der Waals surface area contributed by atoms with E-state index in [9.17, 15) is 15.2 Å². The van der Waals surface area contributed by atoms with Crippen LogP contribution in [0.4, 0.5) is 0 Å². The van der Waals surface area contributed by atoms with Gasteiger partial charge in [0.2, 0.25) is 0 Å². The Balaban J connectivity index is 2.07. The lowest BCUT2D eigenvalue weighted by atomic mass is 9.93. The number of halogens is 2. The Hall–Kier alpha value is -3.60. The predicted octanol–water partition coefficient (Wildman–Crippen LogP) is 6.92. The maximum absolute atomic E-state index is 12.7. The molecule has 0 saturated carbocycles. The average Bonchev–Trinajstić information content (AvgIpc) is 3.19. The number of rotatable bonds is 5. The van der Waals surface area contributed by atoms with Gasteiger partial charge in [0.25, 0.3) is 5.91 Å². The molecule has 4 aromatic rings. The van der Waals surface area contributed by atoms with Crippen LogP contribution in [0.25, 0.3) is 34.0 Å². The Morgan fingerprint density at radius 3 is 1.94 bits per heavy atom. The first-order valence-electron chi connectivity index (χ1n) is 9.78. The second kappa shape index (κ2) is 9.49. The molecule has 1 amide bonds. The molecule has 0 atom stereocenters. The predicted molar refractivity (Wildman–Crippen MR) is 135 cm³/mol. The quantitative estimate of drug-likeness (QED) is 0.203. The number of nitriles is 1. The minimum atomic E-state index is -0.882. The van der Waals surface area contributed by atoms with Crippen molar-refractivity contribution in [3.05, 3.63) is 104 Å². The summed E-state index contributed by atoms with van der Waals surface area (Å²) in [6, 6.07) is 25.2. The van der Waals surface area contributed by atoms with Gasteiger partial charge in [-0.3, -0.25) is 4.79 Å². The van der Waals surface area contributed by atoms with Gasteiger partial charge in [0, 0.05) is 25.6 Å². The smallest absolute Gasteiger partial charge is 0.253 e. The molecule has 0 bridgehead atoms. The van der Waals surface area contributed by atoms with E-state index in [1.165, 1.54) is 0 Å². The normalized spacial score (nSPS) is 11.5. The Labute approximate surface area is 207 Å². The van der Waals surface area contributed by atoms with Crippen molar-refractivity contribution in [1.29, 1.82) is 5.26 Å². The number of hydrogen-bond donors (Lipinski definition) is 2. The molecule has 162 valence electrons. The lowest BCUT2D eigenvalue weighted by molar-refractivity contribution is -0.112. The summed E-state index contributed by atoms with van der Waals surface area (Å²) < 4.78 is 7.86. The second-order valence-electron chi connectivity index (χ2n) is 7.09. The molecule has 0 fully saturated rings. The number of carbonyl (C=O) groups excluding carboxylic acids is 1. The molecule has 0 aliphatic rings. The fraction of sp³-hybridized carbons (Fsp3) is 0. The minimum Gasteiger partial charge on any atom is -0.506 e. The number of nitrogens with zero attached hydrogens (tertiary/aromatic N) is 1. The second-order valence-corrected chi connectivity index (χ2v) is 8.92. The van der Waals surface area contributed by atoms with Gasteiger partial charge in [0.05, 0.1) is 11.1 Å². The van der Waals surface area contributed by atoms with Crippen LogP contribution in [0, 0.1) is 11.3 Å². The number of carbonyl (C=O) groups is 1. The topological polar surface area (TPSA) is 100 Å². The van der Waals surface area contributed by atoms with Gasteiger partial charge >= 0.3 is 0 Å². The summed E-state index contributed by atoms with van der Waals surface area (Å²) in [7, 11) is 0. The van der Waals surface area contributed by atoms with Crippen molar-refractivity contribution in [2.45, 2.75) is 0 Å². The summed E-state index contributed by atoms with van der Waals surface area (Å²) in [4.78, 5) is 12.7. The number of primary amides is 1. The molecular formula is C26H16Br2N2O3. The van der Waals surface area contributed by atoms with Crippen LogP contribution in [-0.2, 0) is 4.79 Å². The molecule has 0 unspecified atom stereocenters. The summed E-state index contributed by atoms with van der Waals surface area (Å²) in [5, 5.41) is 21.2. The SMILES string of the molecule is N#Cc1c(-c2ccc(Br)cc2)oc(-c2ccccc2)c1/C(C(N)=O)=C(/O)c1ccc(Br)cc1. The van der Waals surface area contributed by atoms with Gasteiger partial charge in [0.1, 0.15) is 23.2 Å². The van der Waals surface area contributed by atoms with Crippen LogP contribution in [0.3, 0.4) is 0 Å². The first-order chi connectivity index (χ1) is 15.9. The minimum absolute atomic E-state index is 0.105. The summed E-state index contributed by atoms with van der Waals surface area (Å²) in [5.41, 5.74) is 7.46. The van der Waals surface area contributed by atoms with Crippen molar-refractivity contribution in [2.24, 2.45) is 5.73 Å². The van der Waals surface area contributed by atoms with E-state index in [4.69, 9.17) is 10.2 Å². The van der Waals surface area contributed by atoms with Gasteiger partial charge in [-0.15, -0.1) is 0 Å². The zero-order chi connectivity index (χ0) is 23.5. The highest BCUT2D eigenvalue weighted by Gasteiger charge is 2.30. The fourth-order valence-corrected chi connectivity index (χ4v) is 4.01. The third kappa shape index (κ3) is 4.49. The third-order valence-corrected chi connectivity index (χ3v) is 6.07. The molecule has 5 nitrogen and oxygen atoms in total. The zero-order valence-corrected chi connectivity index (χ0v) is 20.2. The lowest BCUT2D eigenvalue weighted by Crippen LogP contribution is -2.16. The van der Waals surface area contributed by atoms with Gasteiger partial charge in [0.15, 0.2) is 5.76 Å². The lowest BCUT2D eigenvalue weighted by Gasteiger charge is -2.10. The number of amides is 1. The number of nitrogens with two attached hydrogens (primary N) is 1. The molecule has 3 N–H and O–H groups in total. The Morgan fingerprint density at radius 1 is 0.848 bits per heavy atom. The first kappa shape index (κ1) is 22.6. The van der Waals surface area contributed by atoms with E-state index >= 15 is 0 Å². The number of aliphatic hydroxyl groups excluding tert-OH is 1. The molecule has 0 spiro atoms. The van der Waals surface area contributed by atoms with Gasteiger partial charge in [-0.1, -0.05) is 86.5 Å². The van der Waals surface area contributed by atoms with E-state index in [0.717, 1.165) is 8.95 Å². The Kier molecular flexibility index (Phi) is 6.50. The van der Waals surface area contributed by atoms with Crippen molar-refractivity contribution in [3.63, 3.8) is 0 Å². The van der Waals surface area contributed by atoms with E-state index in [-0.39, 0.29) is 34.0 Å². The van der Waals surface area contributed by atoms with Crippen LogP contribution in [-0.4, -0.2) is 11.0 Å². The van der Waals surface area contributed by atoms with Crippen molar-refractivity contribution in [1.82, 2.24) is 0 Å². The van der Waals surface area contributed by atoms with Crippen LogP contribution in [0.2, 0.25) is 0 Å². The number of hydrogen-bond acceptors (Lipinski definition) is 4. The molecule has 7 heteroatoms. The van der Waals surface area contributed by atoms with Gasteiger partial charge < -0.3 is 15.3 Å². The molecule has 33 heavy (non-hydrogen) atoms. The highest BCUT2D eigenvalue weighted by atomic mass is 79.9. The molecule has 0 radical (unpaired) electrons. The molecule has 0 saturated heterocycles. The van der Waals surface area contributed by atoms with Gasteiger partial charge in [-0.25, -0.2) is 0 Å². The third-order valence-electron chi connectivity index (χ3n) is 5.01. The van der Waals surface area contributed by atoms with Crippen LogP contribution < -0.4 is 5.73 Å². The molecule has 3 aromatic carbocycles. The van der Waals surface area contributed by atoms with Crippen LogP contribution in [0.5, 0.6) is 0 Å². The maximum atomic E-state index is 12.7. The van der Waals surface area contributed by atoms with Crippen molar-refractivity contribution in [3.8, 4) is 28.7 Å². The van der Waals surface area contributed by atoms with Crippen LogP contribution in [0.1, 0.15) is 16.7 Å². The molecule has 0 aliphatic carbocycles. The van der Waals surface area contributed by atoms with Crippen molar-refractivity contribution in [2.75, 3.05) is 0 Å². The summed E-state index contributed by atoms with van der Waals surface area (Å²) >= 11 is 6.76. The highest BCUT2D eigenvalue weighted by molar-refractivity contribution is 9.10. The Bertz CT molecular complexity index is 1400. The summed E-state index contributed by atoms with van der Waals surface area (Å²) in [6.07, 6.45) is 0. The summed E-state index contributed by atoms with van der Waals surface area (Å²) in [5.74, 6) is -0.678. The first-order valence-corrected chi connectivity index (χ1v) is 11.4. The molecule has 0 aliphatic heterocycles. The number of furan rings is 1. The molecule has 1 aromatic heterocycles. The number of benzene rings is 3. The van der Waals surface area contributed by atoms with E-state index < -0.39 is 5.91 Å². The van der Waals surface area contributed by atoms with Crippen molar-refractivity contribution < 1.29 is 14.3 Å². The van der Waals surface area contributed by atoms with E-state index in [1.807, 2.05) is 30.3 Å². The molecule has 1 heterocycles. The van der Waals surface area contributed by atoms with Gasteiger partial charge in [-0.05, 0) is 24.3 Å². The van der Waals surface area contributed by atoms with Crippen LogP contribution >= 0.6 is 31.9 Å². The zero-order valence-electron chi connectivity index (χ0n) is 17.0. The maximum Gasteiger partial charge on any atom is 0.253 e. The monoisotopic (exact) mass is 562 g/mol.